The highest BCUT2D eigenvalue weighted by molar-refractivity contribution is 14.1. The Kier molecular flexibility index (Phi) is 5.64. The standard InChI is InChI=1S/C19H14ClF3INO/c1-26-11-25-16-9-13(20)7-8-14(16)17(15(24)10-19(21,22)23)18(25)12-5-3-2-4-6-12/h2-10H,11H2,1H3/b15-10+. The maximum atomic E-state index is 13.0. The van der Waals surface area contributed by atoms with Gasteiger partial charge in [0.25, 0.3) is 0 Å². The van der Waals surface area contributed by atoms with Crippen LogP contribution in [0.15, 0.2) is 54.6 Å². The van der Waals surface area contributed by atoms with Crippen LogP contribution in [0.4, 0.5) is 13.2 Å². The highest BCUT2D eigenvalue weighted by atomic mass is 127. The summed E-state index contributed by atoms with van der Waals surface area (Å²) in [6, 6.07) is 14.4. The van der Waals surface area contributed by atoms with Gasteiger partial charge in [-0.2, -0.15) is 13.2 Å². The predicted octanol–water partition coefficient (Wildman–Crippen LogP) is 6.90. The van der Waals surface area contributed by atoms with Gasteiger partial charge in [-0.1, -0.05) is 48.0 Å². The van der Waals surface area contributed by atoms with Gasteiger partial charge in [0.05, 0.1) is 11.2 Å². The highest BCUT2D eigenvalue weighted by Gasteiger charge is 2.27. The fourth-order valence-corrected chi connectivity index (χ4v) is 4.00. The molecule has 0 aliphatic heterocycles. The lowest BCUT2D eigenvalue weighted by molar-refractivity contribution is -0.0791. The van der Waals surface area contributed by atoms with Crippen molar-refractivity contribution in [2.24, 2.45) is 0 Å². The number of aromatic nitrogens is 1. The molecule has 0 saturated heterocycles. The van der Waals surface area contributed by atoms with E-state index in [0.29, 0.717) is 27.7 Å². The normalized spacial score (nSPS) is 12.8. The molecule has 0 fully saturated rings. The van der Waals surface area contributed by atoms with Crippen LogP contribution in [0.2, 0.25) is 5.02 Å². The van der Waals surface area contributed by atoms with Gasteiger partial charge in [-0.05, 0) is 40.3 Å². The molecule has 136 valence electrons. The van der Waals surface area contributed by atoms with Gasteiger partial charge in [0.2, 0.25) is 0 Å². The van der Waals surface area contributed by atoms with Crippen LogP contribution in [0.25, 0.3) is 25.7 Å². The molecule has 3 aromatic rings. The summed E-state index contributed by atoms with van der Waals surface area (Å²) < 4.78 is 46.3. The zero-order valence-electron chi connectivity index (χ0n) is 13.6. The van der Waals surface area contributed by atoms with Gasteiger partial charge in [0.15, 0.2) is 0 Å². The lowest BCUT2D eigenvalue weighted by Gasteiger charge is -2.12. The Bertz CT molecular complexity index is 964. The Balaban J connectivity index is 2.43. The van der Waals surface area contributed by atoms with Gasteiger partial charge >= 0.3 is 6.18 Å². The van der Waals surface area contributed by atoms with E-state index in [4.69, 9.17) is 16.3 Å². The average Bonchev–Trinajstić information content (AvgIpc) is 2.88. The van der Waals surface area contributed by atoms with Gasteiger partial charge in [-0.15, -0.1) is 0 Å². The molecule has 0 unspecified atom stereocenters. The number of alkyl halides is 3. The maximum absolute atomic E-state index is 13.0. The van der Waals surface area contributed by atoms with E-state index in [1.807, 2.05) is 34.9 Å². The van der Waals surface area contributed by atoms with E-state index in [1.165, 1.54) is 0 Å². The summed E-state index contributed by atoms with van der Waals surface area (Å²) in [7, 11) is 1.54. The topological polar surface area (TPSA) is 14.2 Å². The zero-order valence-corrected chi connectivity index (χ0v) is 16.6. The summed E-state index contributed by atoms with van der Waals surface area (Å²) in [5, 5.41) is 1.20. The molecule has 7 heteroatoms. The molecule has 0 amide bonds. The van der Waals surface area contributed by atoms with E-state index < -0.39 is 6.18 Å². The van der Waals surface area contributed by atoms with Gasteiger partial charge in [-0.25, -0.2) is 0 Å². The van der Waals surface area contributed by atoms with Gasteiger partial charge in [0.1, 0.15) is 6.73 Å². The second-order valence-electron chi connectivity index (χ2n) is 5.63. The van der Waals surface area contributed by atoms with Crippen LogP contribution < -0.4 is 0 Å². The number of ether oxygens (including phenoxy) is 1. The number of fused-ring (bicyclic) bond motifs is 1. The number of hydrogen-bond acceptors (Lipinski definition) is 1. The summed E-state index contributed by atoms with van der Waals surface area (Å²) in [6.45, 7) is 0.191. The van der Waals surface area contributed by atoms with Crippen LogP contribution in [-0.2, 0) is 11.5 Å². The second kappa shape index (κ2) is 7.62. The molecule has 1 heterocycles. The summed E-state index contributed by atoms with van der Waals surface area (Å²) in [5.41, 5.74) is 2.70. The van der Waals surface area contributed by atoms with Crippen LogP contribution in [0.1, 0.15) is 5.56 Å². The minimum atomic E-state index is -4.41. The number of allylic oxidation sites excluding steroid dienone is 1. The van der Waals surface area contributed by atoms with Crippen LogP contribution in [0.3, 0.4) is 0 Å². The van der Waals surface area contributed by atoms with Crippen molar-refractivity contribution < 1.29 is 17.9 Å². The quantitative estimate of drug-likeness (QED) is 0.362. The average molecular weight is 492 g/mol. The minimum Gasteiger partial charge on any atom is -0.364 e. The molecular weight excluding hydrogens is 478 g/mol. The van der Waals surface area contributed by atoms with E-state index in [2.05, 4.69) is 0 Å². The highest BCUT2D eigenvalue weighted by Crippen LogP contribution is 2.42. The third-order valence-electron chi connectivity index (χ3n) is 3.86. The largest absolute Gasteiger partial charge is 0.410 e. The first-order chi connectivity index (χ1) is 12.3. The Morgan fingerprint density at radius 1 is 1.19 bits per heavy atom. The summed E-state index contributed by atoms with van der Waals surface area (Å²) in [4.78, 5) is 0. The second-order valence-corrected chi connectivity index (χ2v) is 7.23. The summed E-state index contributed by atoms with van der Waals surface area (Å²) in [6.07, 6.45) is -4.09. The predicted molar refractivity (Wildman–Crippen MR) is 107 cm³/mol. The monoisotopic (exact) mass is 491 g/mol. The van der Waals surface area contributed by atoms with Crippen molar-refractivity contribution in [2.45, 2.75) is 12.9 Å². The lowest BCUT2D eigenvalue weighted by Crippen LogP contribution is -2.04. The molecule has 2 aromatic carbocycles. The van der Waals surface area contributed by atoms with Crippen molar-refractivity contribution in [1.82, 2.24) is 4.57 Å². The molecule has 0 spiro atoms. The smallest absolute Gasteiger partial charge is 0.364 e. The lowest BCUT2D eigenvalue weighted by atomic mass is 10.0. The number of rotatable bonds is 4. The molecule has 0 bridgehead atoms. The number of nitrogens with zero attached hydrogens (tertiary/aromatic N) is 1. The fraction of sp³-hybridized carbons (Fsp3) is 0.158. The summed E-state index contributed by atoms with van der Waals surface area (Å²) in [5.74, 6) is 0. The first-order valence-corrected chi connectivity index (χ1v) is 9.09. The van der Waals surface area contributed by atoms with E-state index in [1.54, 1.807) is 47.9 Å². The van der Waals surface area contributed by atoms with Crippen LogP contribution >= 0.6 is 34.2 Å². The Morgan fingerprint density at radius 2 is 1.88 bits per heavy atom. The number of halogens is 5. The molecule has 26 heavy (non-hydrogen) atoms. The van der Waals surface area contributed by atoms with Crippen LogP contribution in [0, 0.1) is 0 Å². The molecule has 2 nitrogen and oxygen atoms in total. The molecule has 0 radical (unpaired) electrons. The molecule has 0 aliphatic rings. The summed E-state index contributed by atoms with van der Waals surface area (Å²) >= 11 is 7.87. The molecule has 0 aliphatic carbocycles. The number of methoxy groups -OCH3 is 1. The SMILES string of the molecule is COCn1c(-c2ccccc2)c(/C(I)=C\C(F)(F)F)c2ccc(Cl)cc21. The van der Waals surface area contributed by atoms with Crippen molar-refractivity contribution in [3.63, 3.8) is 0 Å². The van der Waals surface area contributed by atoms with E-state index in [0.717, 1.165) is 11.1 Å². The molecule has 1 aromatic heterocycles. The van der Waals surface area contributed by atoms with E-state index in [-0.39, 0.29) is 10.3 Å². The maximum Gasteiger partial charge on any atom is 0.410 e. The van der Waals surface area contributed by atoms with Gasteiger partial charge in [0, 0.05) is 32.7 Å². The Morgan fingerprint density at radius 3 is 2.50 bits per heavy atom. The Hall–Kier alpha value is -1.51. The van der Waals surface area contributed by atoms with Crippen molar-refractivity contribution in [3.05, 3.63) is 65.2 Å². The van der Waals surface area contributed by atoms with Crippen LogP contribution in [-0.4, -0.2) is 17.9 Å². The number of hydrogen-bond donors (Lipinski definition) is 0. The third-order valence-corrected chi connectivity index (χ3v) is 4.95. The van der Waals surface area contributed by atoms with Crippen molar-refractivity contribution >= 4 is 48.7 Å². The van der Waals surface area contributed by atoms with Crippen molar-refractivity contribution in [1.29, 1.82) is 0 Å². The molecule has 0 saturated carbocycles. The van der Waals surface area contributed by atoms with Crippen LogP contribution in [0.5, 0.6) is 0 Å². The molecular formula is C19H14ClF3INO. The third kappa shape index (κ3) is 3.92. The fourth-order valence-electron chi connectivity index (χ4n) is 2.94. The van der Waals surface area contributed by atoms with Crippen molar-refractivity contribution in [2.75, 3.05) is 7.11 Å². The van der Waals surface area contributed by atoms with E-state index in [9.17, 15) is 13.2 Å². The number of benzene rings is 2. The molecule has 0 atom stereocenters. The zero-order chi connectivity index (χ0) is 18.9. The Labute approximate surface area is 167 Å². The van der Waals surface area contributed by atoms with E-state index >= 15 is 0 Å². The molecule has 0 N–H and O–H groups in total. The first kappa shape index (κ1) is 19.3. The van der Waals surface area contributed by atoms with Gasteiger partial charge < -0.3 is 9.30 Å². The van der Waals surface area contributed by atoms with Gasteiger partial charge in [-0.3, -0.25) is 0 Å². The minimum absolute atomic E-state index is 0.108. The first-order valence-electron chi connectivity index (χ1n) is 7.63. The van der Waals surface area contributed by atoms with Crippen molar-refractivity contribution in [3.8, 4) is 11.3 Å². The molecule has 3 rings (SSSR count).